The van der Waals surface area contributed by atoms with Crippen LogP contribution in [0.5, 0.6) is 5.75 Å². The lowest BCUT2D eigenvalue weighted by Gasteiger charge is -2.21. The summed E-state index contributed by atoms with van der Waals surface area (Å²) >= 11 is 0. The van der Waals surface area contributed by atoms with Gasteiger partial charge in [-0.25, -0.2) is 13.6 Å². The molecule has 1 amide bonds. The summed E-state index contributed by atoms with van der Waals surface area (Å²) in [6.45, 7) is 7.94. The van der Waals surface area contributed by atoms with E-state index in [1.165, 1.54) is 19.2 Å². The Morgan fingerprint density at radius 2 is 1.77 bits per heavy atom. The molecule has 0 bridgehead atoms. The zero-order chi connectivity index (χ0) is 19.7. The Balaban J connectivity index is 2.45. The summed E-state index contributed by atoms with van der Waals surface area (Å²) in [5, 5.41) is 7.97. The van der Waals surface area contributed by atoms with E-state index >= 15 is 0 Å². The average Bonchev–Trinajstić information content (AvgIpc) is 2.53. The Morgan fingerprint density at radius 1 is 1.12 bits per heavy atom. The molecule has 0 spiro atoms. The van der Waals surface area contributed by atoms with E-state index in [1.54, 1.807) is 19.1 Å². The third kappa shape index (κ3) is 4.42. The number of methoxy groups -OCH3 is 1. The first kappa shape index (κ1) is 19.9. The maximum atomic E-state index is 12.7. The van der Waals surface area contributed by atoms with Crippen molar-refractivity contribution in [2.24, 2.45) is 5.14 Å². The van der Waals surface area contributed by atoms with Crippen molar-refractivity contribution in [3.05, 3.63) is 53.1 Å². The molecule has 26 heavy (non-hydrogen) atoms. The molecule has 0 aliphatic heterocycles. The van der Waals surface area contributed by atoms with Crippen molar-refractivity contribution in [2.75, 3.05) is 12.4 Å². The van der Waals surface area contributed by atoms with Crippen LogP contribution in [0.3, 0.4) is 0 Å². The molecule has 3 N–H and O–H groups in total. The first-order chi connectivity index (χ1) is 11.9. The second kappa shape index (κ2) is 7.09. The van der Waals surface area contributed by atoms with Crippen molar-refractivity contribution in [2.45, 2.75) is 38.0 Å². The fourth-order valence-corrected chi connectivity index (χ4v) is 3.02. The van der Waals surface area contributed by atoms with Crippen LogP contribution in [0.25, 0.3) is 0 Å². The molecule has 0 heterocycles. The minimum atomic E-state index is -3.89. The molecule has 0 saturated heterocycles. The largest absolute Gasteiger partial charge is 0.495 e. The Kier molecular flexibility index (Phi) is 5.44. The number of anilines is 1. The van der Waals surface area contributed by atoms with Gasteiger partial charge in [0.25, 0.3) is 5.91 Å². The van der Waals surface area contributed by atoms with Gasteiger partial charge in [0.15, 0.2) is 0 Å². The van der Waals surface area contributed by atoms with Crippen molar-refractivity contribution in [1.29, 1.82) is 0 Å². The number of sulfonamides is 1. The lowest BCUT2D eigenvalue weighted by Crippen LogP contribution is -2.18. The van der Waals surface area contributed by atoms with Gasteiger partial charge in [0.05, 0.1) is 17.7 Å². The summed E-state index contributed by atoms with van der Waals surface area (Å²) in [5.74, 6) is 0.0870. The van der Waals surface area contributed by atoms with E-state index in [-0.39, 0.29) is 15.9 Å². The lowest BCUT2D eigenvalue weighted by atomic mass is 9.87. The fraction of sp³-hybridized carbons (Fsp3) is 0.316. The van der Waals surface area contributed by atoms with Crippen molar-refractivity contribution >= 4 is 21.6 Å². The van der Waals surface area contributed by atoms with Gasteiger partial charge >= 0.3 is 0 Å². The van der Waals surface area contributed by atoms with Crippen LogP contribution >= 0.6 is 0 Å². The molecule has 0 aliphatic carbocycles. The van der Waals surface area contributed by atoms with Crippen LogP contribution in [0.15, 0.2) is 41.3 Å². The van der Waals surface area contributed by atoms with Crippen LogP contribution in [0.1, 0.15) is 42.3 Å². The minimum Gasteiger partial charge on any atom is -0.495 e. The third-order valence-electron chi connectivity index (χ3n) is 4.10. The SMILES string of the molecule is COc1ccc(C(C)(C)C)cc1NC(=O)c1cc(S(N)(=O)=O)ccc1C. The molecule has 0 radical (unpaired) electrons. The van der Waals surface area contributed by atoms with Crippen LogP contribution in [0.4, 0.5) is 5.69 Å². The van der Waals surface area contributed by atoms with Gasteiger partial charge in [-0.1, -0.05) is 32.9 Å². The Bertz CT molecular complexity index is 944. The van der Waals surface area contributed by atoms with Crippen molar-refractivity contribution in [1.82, 2.24) is 0 Å². The molecular formula is C19H24N2O4S. The molecule has 0 aliphatic rings. The van der Waals surface area contributed by atoms with E-state index in [0.717, 1.165) is 5.56 Å². The van der Waals surface area contributed by atoms with Crippen molar-refractivity contribution < 1.29 is 17.9 Å². The number of ether oxygens (including phenoxy) is 1. The maximum Gasteiger partial charge on any atom is 0.256 e. The number of nitrogens with one attached hydrogen (secondary N) is 1. The van der Waals surface area contributed by atoms with Gasteiger partial charge in [0, 0.05) is 5.56 Å². The zero-order valence-electron chi connectivity index (χ0n) is 15.6. The lowest BCUT2D eigenvalue weighted by molar-refractivity contribution is 0.102. The number of carbonyl (C=O) groups excluding carboxylic acids is 1. The summed E-state index contributed by atoms with van der Waals surface area (Å²) in [5.41, 5.74) is 2.32. The second-order valence-corrected chi connectivity index (χ2v) is 8.70. The predicted molar refractivity (Wildman–Crippen MR) is 102 cm³/mol. The van der Waals surface area contributed by atoms with E-state index in [4.69, 9.17) is 9.88 Å². The van der Waals surface area contributed by atoms with Gasteiger partial charge < -0.3 is 10.1 Å². The monoisotopic (exact) mass is 376 g/mol. The number of hydrogen-bond donors (Lipinski definition) is 2. The number of benzene rings is 2. The van der Waals surface area contributed by atoms with E-state index in [2.05, 4.69) is 26.1 Å². The predicted octanol–water partition coefficient (Wildman–Crippen LogP) is 3.20. The van der Waals surface area contributed by atoms with Gasteiger partial charge in [-0.2, -0.15) is 0 Å². The standard InChI is InChI=1S/C19H24N2O4S/c1-12-6-8-14(26(20,23)24)11-15(12)18(22)21-16-10-13(19(2,3)4)7-9-17(16)25-5/h6-11H,1-5H3,(H,21,22)(H2,20,23,24). The summed E-state index contributed by atoms with van der Waals surface area (Å²) < 4.78 is 28.4. The van der Waals surface area contributed by atoms with Crippen LogP contribution in [0.2, 0.25) is 0 Å². The molecule has 7 heteroatoms. The molecule has 6 nitrogen and oxygen atoms in total. The molecule has 2 aromatic rings. The highest BCUT2D eigenvalue weighted by atomic mass is 32.2. The minimum absolute atomic E-state index is 0.102. The molecular weight excluding hydrogens is 352 g/mol. The van der Waals surface area contributed by atoms with Gasteiger partial charge in [-0.15, -0.1) is 0 Å². The van der Waals surface area contributed by atoms with Gasteiger partial charge in [0.2, 0.25) is 10.0 Å². The molecule has 0 atom stereocenters. The Hall–Kier alpha value is -2.38. The van der Waals surface area contributed by atoms with Crippen molar-refractivity contribution in [3.8, 4) is 5.75 Å². The highest BCUT2D eigenvalue weighted by Crippen LogP contribution is 2.32. The summed E-state index contributed by atoms with van der Waals surface area (Å²) in [6, 6.07) is 9.81. The molecule has 2 aromatic carbocycles. The fourth-order valence-electron chi connectivity index (χ4n) is 2.48. The van der Waals surface area contributed by atoms with Gasteiger partial charge in [0.1, 0.15) is 5.75 Å². The normalized spacial score (nSPS) is 11.9. The maximum absolute atomic E-state index is 12.7. The molecule has 0 fully saturated rings. The zero-order valence-corrected chi connectivity index (χ0v) is 16.4. The second-order valence-electron chi connectivity index (χ2n) is 7.14. The van der Waals surface area contributed by atoms with E-state index in [9.17, 15) is 13.2 Å². The Morgan fingerprint density at radius 3 is 2.31 bits per heavy atom. The highest BCUT2D eigenvalue weighted by Gasteiger charge is 2.19. The first-order valence-corrected chi connectivity index (χ1v) is 9.61. The topological polar surface area (TPSA) is 98.5 Å². The molecule has 140 valence electrons. The molecule has 0 aromatic heterocycles. The quantitative estimate of drug-likeness (QED) is 0.856. The summed E-state index contributed by atoms with van der Waals surface area (Å²) in [7, 11) is -2.37. The number of primary sulfonamides is 1. The highest BCUT2D eigenvalue weighted by molar-refractivity contribution is 7.89. The van der Waals surface area contributed by atoms with Crippen LogP contribution in [-0.4, -0.2) is 21.4 Å². The summed E-state index contributed by atoms with van der Waals surface area (Å²) in [6.07, 6.45) is 0. The van der Waals surface area contributed by atoms with Crippen LogP contribution in [0, 0.1) is 6.92 Å². The van der Waals surface area contributed by atoms with Gasteiger partial charge in [-0.3, -0.25) is 4.79 Å². The van der Waals surface area contributed by atoms with Crippen LogP contribution < -0.4 is 15.2 Å². The van der Waals surface area contributed by atoms with E-state index in [0.29, 0.717) is 17.0 Å². The smallest absolute Gasteiger partial charge is 0.256 e. The van der Waals surface area contributed by atoms with E-state index in [1.807, 2.05) is 12.1 Å². The third-order valence-corrected chi connectivity index (χ3v) is 5.01. The molecule has 0 unspecified atom stereocenters. The van der Waals surface area contributed by atoms with Crippen molar-refractivity contribution in [3.63, 3.8) is 0 Å². The van der Waals surface area contributed by atoms with Crippen LogP contribution in [-0.2, 0) is 15.4 Å². The number of rotatable bonds is 4. The number of amides is 1. The summed E-state index contributed by atoms with van der Waals surface area (Å²) in [4.78, 5) is 12.6. The number of nitrogens with two attached hydrogens (primary N) is 1. The number of carbonyl (C=O) groups is 1. The first-order valence-electron chi connectivity index (χ1n) is 8.07. The number of hydrogen-bond acceptors (Lipinski definition) is 4. The Labute approximate surface area is 154 Å². The van der Waals surface area contributed by atoms with E-state index < -0.39 is 15.9 Å². The average molecular weight is 376 g/mol. The van der Waals surface area contributed by atoms with Gasteiger partial charge in [-0.05, 0) is 47.7 Å². The number of aryl methyl sites for hydroxylation is 1. The molecule has 2 rings (SSSR count). The molecule has 0 saturated carbocycles.